The Kier molecular flexibility index (Phi) is 7.42. The molecule has 34 heavy (non-hydrogen) atoms. The molecule has 1 aliphatic heterocycles. The van der Waals surface area contributed by atoms with Gasteiger partial charge in [0.1, 0.15) is 5.00 Å². The van der Waals surface area contributed by atoms with Gasteiger partial charge in [-0.3, -0.25) is 4.79 Å². The number of methoxy groups -OCH3 is 1. The molecule has 1 N–H and O–H groups in total. The van der Waals surface area contributed by atoms with Crippen LogP contribution in [0.25, 0.3) is 0 Å². The van der Waals surface area contributed by atoms with E-state index in [1.54, 1.807) is 0 Å². The van der Waals surface area contributed by atoms with Crippen molar-refractivity contribution >= 4 is 38.2 Å². The van der Waals surface area contributed by atoms with E-state index in [-0.39, 0.29) is 11.0 Å². The number of carbonyl (C=O) groups is 2. The van der Waals surface area contributed by atoms with Crippen LogP contribution in [0.1, 0.15) is 57.3 Å². The molecule has 2 atom stereocenters. The van der Waals surface area contributed by atoms with Crippen molar-refractivity contribution in [3.05, 3.63) is 45.8 Å². The maximum Gasteiger partial charge on any atom is 0.341 e. The normalized spacial score (nSPS) is 20.2. The smallest absolute Gasteiger partial charge is 0.341 e. The van der Waals surface area contributed by atoms with Crippen LogP contribution in [-0.4, -0.2) is 58.0 Å². The van der Waals surface area contributed by atoms with Crippen molar-refractivity contribution in [1.82, 2.24) is 4.31 Å². The Morgan fingerprint density at radius 2 is 1.97 bits per heavy atom. The molecule has 0 bridgehead atoms. The summed E-state index contributed by atoms with van der Waals surface area (Å²) in [4.78, 5) is 26.6. The van der Waals surface area contributed by atoms with E-state index in [4.69, 9.17) is 9.47 Å². The molecule has 2 aromatic rings. The number of fused-ring (bicyclic) bond motifs is 1. The predicted octanol–water partition coefficient (Wildman–Crippen LogP) is 3.71. The van der Waals surface area contributed by atoms with Crippen molar-refractivity contribution in [1.29, 1.82) is 0 Å². The Morgan fingerprint density at radius 1 is 1.24 bits per heavy atom. The van der Waals surface area contributed by atoms with Crippen LogP contribution in [0.3, 0.4) is 0 Å². The van der Waals surface area contributed by atoms with E-state index in [1.807, 2.05) is 0 Å². The van der Waals surface area contributed by atoms with E-state index in [1.165, 1.54) is 54.1 Å². The van der Waals surface area contributed by atoms with Gasteiger partial charge in [0.05, 0.1) is 23.7 Å². The molecule has 8 nitrogen and oxygen atoms in total. The number of amides is 1. The molecule has 1 saturated heterocycles. The molecule has 4 rings (SSSR count). The second kappa shape index (κ2) is 10.2. The summed E-state index contributed by atoms with van der Waals surface area (Å²) in [5.74, 6) is -0.348. The topological polar surface area (TPSA) is 102 Å². The van der Waals surface area contributed by atoms with Crippen LogP contribution in [-0.2, 0) is 32.3 Å². The molecular weight excluding hydrogens is 476 g/mol. The SMILES string of the molecule is COC(=O)c1c(NC(=O)c2ccc(S(=O)(=O)N(C)CC3CCCO3)cc2)sc2c1CCC(C)C2. The molecule has 1 aromatic carbocycles. The number of rotatable bonds is 7. The Morgan fingerprint density at radius 3 is 2.62 bits per heavy atom. The number of ether oxygens (including phenoxy) is 2. The van der Waals surface area contributed by atoms with E-state index in [9.17, 15) is 18.0 Å². The largest absolute Gasteiger partial charge is 0.465 e. The summed E-state index contributed by atoms with van der Waals surface area (Å²) in [5.41, 5.74) is 1.69. The summed E-state index contributed by atoms with van der Waals surface area (Å²) in [7, 11) is -0.829. The van der Waals surface area contributed by atoms with Crippen LogP contribution >= 0.6 is 11.3 Å². The molecule has 10 heteroatoms. The molecule has 1 aromatic heterocycles. The quantitative estimate of drug-likeness (QED) is 0.575. The molecule has 1 aliphatic carbocycles. The van der Waals surface area contributed by atoms with Gasteiger partial charge >= 0.3 is 5.97 Å². The Bertz CT molecular complexity index is 1170. The third kappa shape index (κ3) is 5.05. The van der Waals surface area contributed by atoms with Gasteiger partial charge in [-0.15, -0.1) is 11.3 Å². The number of thiophene rings is 1. The van der Waals surface area contributed by atoms with Crippen LogP contribution < -0.4 is 5.32 Å². The molecule has 1 fully saturated rings. The van der Waals surface area contributed by atoms with Crippen molar-refractivity contribution < 1.29 is 27.5 Å². The number of hydrogen-bond acceptors (Lipinski definition) is 7. The summed E-state index contributed by atoms with van der Waals surface area (Å²) in [6, 6.07) is 5.82. The number of carbonyl (C=O) groups excluding carboxylic acids is 2. The zero-order chi connectivity index (χ0) is 24.5. The molecule has 2 aliphatic rings. The van der Waals surface area contributed by atoms with E-state index in [0.29, 0.717) is 35.2 Å². The number of sulfonamides is 1. The molecule has 184 valence electrons. The fourth-order valence-electron chi connectivity index (χ4n) is 4.46. The maximum atomic E-state index is 12.9. The second-order valence-electron chi connectivity index (χ2n) is 8.95. The first kappa shape index (κ1) is 24.8. The van der Waals surface area contributed by atoms with E-state index in [0.717, 1.165) is 42.5 Å². The standard InChI is InChI=1S/C24H30N2O6S2/c1-15-6-11-19-20(13-15)33-23(21(19)24(28)31-3)25-22(27)16-7-9-18(10-8-16)34(29,30)26(2)14-17-5-4-12-32-17/h7-10,15,17H,4-6,11-14H2,1-3H3,(H,25,27). The first-order chi connectivity index (χ1) is 16.2. The minimum Gasteiger partial charge on any atom is -0.465 e. The van der Waals surface area contributed by atoms with Crippen LogP contribution in [0.5, 0.6) is 0 Å². The molecule has 1 amide bonds. The fraction of sp³-hybridized carbons (Fsp3) is 0.500. The lowest BCUT2D eigenvalue weighted by atomic mass is 9.88. The molecule has 0 saturated carbocycles. The molecular formula is C24H30N2O6S2. The van der Waals surface area contributed by atoms with Gasteiger partial charge in [0.2, 0.25) is 10.0 Å². The molecule has 2 heterocycles. The highest BCUT2D eigenvalue weighted by molar-refractivity contribution is 7.89. The second-order valence-corrected chi connectivity index (χ2v) is 12.1. The molecule has 2 unspecified atom stereocenters. The van der Waals surface area contributed by atoms with E-state index >= 15 is 0 Å². The highest BCUT2D eigenvalue weighted by atomic mass is 32.2. The van der Waals surface area contributed by atoms with Gasteiger partial charge in [0.15, 0.2) is 0 Å². The van der Waals surface area contributed by atoms with Gasteiger partial charge in [-0.1, -0.05) is 6.92 Å². The third-order valence-electron chi connectivity index (χ3n) is 6.44. The predicted molar refractivity (Wildman–Crippen MR) is 130 cm³/mol. The maximum absolute atomic E-state index is 12.9. The number of hydrogen-bond donors (Lipinski definition) is 1. The first-order valence-corrected chi connectivity index (χ1v) is 13.7. The van der Waals surface area contributed by atoms with Crippen molar-refractivity contribution in [3.8, 4) is 0 Å². The van der Waals surface area contributed by atoms with Gasteiger partial charge in [0.25, 0.3) is 5.91 Å². The van der Waals surface area contributed by atoms with Gasteiger partial charge in [-0.25, -0.2) is 13.2 Å². The van der Waals surface area contributed by atoms with Crippen molar-refractivity contribution in [3.63, 3.8) is 0 Å². The first-order valence-electron chi connectivity index (χ1n) is 11.4. The fourth-order valence-corrected chi connectivity index (χ4v) is 7.06. The minimum atomic E-state index is -3.69. The minimum absolute atomic E-state index is 0.0894. The highest BCUT2D eigenvalue weighted by Gasteiger charge is 2.30. The van der Waals surface area contributed by atoms with Gasteiger partial charge < -0.3 is 14.8 Å². The van der Waals surface area contributed by atoms with Crippen LogP contribution in [0.2, 0.25) is 0 Å². The van der Waals surface area contributed by atoms with Gasteiger partial charge in [0, 0.05) is 30.6 Å². The van der Waals surface area contributed by atoms with Crippen LogP contribution in [0.4, 0.5) is 5.00 Å². The number of anilines is 1. The summed E-state index contributed by atoms with van der Waals surface area (Å²) < 4.78 is 37.6. The Labute approximate surface area is 204 Å². The Balaban J connectivity index is 1.51. The summed E-state index contributed by atoms with van der Waals surface area (Å²) >= 11 is 1.41. The van der Waals surface area contributed by atoms with E-state index < -0.39 is 21.9 Å². The summed E-state index contributed by atoms with van der Waals surface area (Å²) in [5, 5.41) is 3.32. The number of nitrogens with one attached hydrogen (secondary N) is 1. The summed E-state index contributed by atoms with van der Waals surface area (Å²) in [6.07, 6.45) is 4.32. The number of benzene rings is 1. The number of nitrogens with zero attached hydrogens (tertiary/aromatic N) is 1. The lowest BCUT2D eigenvalue weighted by molar-refractivity contribution is 0.0600. The average Bonchev–Trinajstić information content (AvgIpc) is 3.45. The van der Waals surface area contributed by atoms with Crippen molar-refractivity contribution in [2.45, 2.75) is 50.0 Å². The molecule has 0 radical (unpaired) electrons. The summed E-state index contributed by atoms with van der Waals surface area (Å²) in [6.45, 7) is 3.13. The lowest BCUT2D eigenvalue weighted by Crippen LogP contribution is -2.34. The van der Waals surface area contributed by atoms with Crippen LogP contribution in [0, 0.1) is 5.92 Å². The zero-order valence-corrected chi connectivity index (χ0v) is 21.3. The lowest BCUT2D eigenvalue weighted by Gasteiger charge is -2.20. The van der Waals surface area contributed by atoms with Crippen molar-refractivity contribution in [2.75, 3.05) is 32.6 Å². The van der Waals surface area contributed by atoms with Gasteiger partial charge in [-0.2, -0.15) is 4.31 Å². The van der Waals surface area contributed by atoms with Gasteiger partial charge in [-0.05, 0) is 67.9 Å². The zero-order valence-electron chi connectivity index (χ0n) is 19.6. The van der Waals surface area contributed by atoms with Crippen LogP contribution in [0.15, 0.2) is 29.2 Å². The monoisotopic (exact) mass is 506 g/mol. The highest BCUT2D eigenvalue weighted by Crippen LogP contribution is 2.40. The number of esters is 1. The molecule has 0 spiro atoms. The number of likely N-dealkylation sites (N-methyl/N-ethyl adjacent to an activating group) is 1. The van der Waals surface area contributed by atoms with Crippen molar-refractivity contribution in [2.24, 2.45) is 5.92 Å². The third-order valence-corrected chi connectivity index (χ3v) is 9.45. The average molecular weight is 507 g/mol. The van der Waals surface area contributed by atoms with E-state index in [2.05, 4.69) is 12.2 Å². The Hall–Kier alpha value is -2.27.